The smallest absolute Gasteiger partial charge is 0.258 e. The third kappa shape index (κ3) is 4.84. The van der Waals surface area contributed by atoms with Gasteiger partial charge in [0.15, 0.2) is 0 Å². The first-order valence-electron chi connectivity index (χ1n) is 5.99. The van der Waals surface area contributed by atoms with Gasteiger partial charge in [0, 0.05) is 26.7 Å². The first-order chi connectivity index (χ1) is 9.06. The fraction of sp³-hybridized carbons (Fsp3) is 0.462. The molecule has 0 aromatic heterocycles. The number of rotatable bonds is 7. The van der Waals surface area contributed by atoms with E-state index < -0.39 is 11.7 Å². The van der Waals surface area contributed by atoms with Crippen molar-refractivity contribution in [1.29, 1.82) is 0 Å². The molecule has 0 radical (unpaired) electrons. The van der Waals surface area contributed by atoms with Gasteiger partial charge in [0.05, 0.1) is 6.61 Å². The van der Waals surface area contributed by atoms with Gasteiger partial charge >= 0.3 is 0 Å². The van der Waals surface area contributed by atoms with E-state index in [2.05, 4.69) is 5.32 Å². The van der Waals surface area contributed by atoms with Gasteiger partial charge in [-0.3, -0.25) is 4.79 Å². The lowest BCUT2D eigenvalue weighted by Gasteiger charge is -2.16. The van der Waals surface area contributed by atoms with Gasteiger partial charge in [0.1, 0.15) is 17.1 Å². The Bertz CT molecular complexity index is 406. The average molecular weight is 270 g/mol. The molecule has 0 bridgehead atoms. The zero-order valence-electron chi connectivity index (χ0n) is 11.1. The zero-order chi connectivity index (χ0) is 14.3. The summed E-state index contributed by atoms with van der Waals surface area (Å²) in [5.41, 5.74) is -0.318. The van der Waals surface area contributed by atoms with Crippen molar-refractivity contribution in [3.63, 3.8) is 0 Å². The number of ether oxygens (including phenoxy) is 1. The number of likely N-dealkylation sites (N-methyl/N-ethyl adjacent to an activating group) is 1. The molecule has 1 rings (SSSR count). The Morgan fingerprint density at radius 3 is 2.84 bits per heavy atom. The van der Waals surface area contributed by atoms with Crippen LogP contribution in [0.25, 0.3) is 0 Å². The zero-order valence-corrected chi connectivity index (χ0v) is 11.1. The quantitative estimate of drug-likeness (QED) is 0.770. The number of phenols is 1. The molecule has 0 heterocycles. The van der Waals surface area contributed by atoms with Gasteiger partial charge in [-0.05, 0) is 19.2 Å². The van der Waals surface area contributed by atoms with Gasteiger partial charge in [0.2, 0.25) is 0 Å². The van der Waals surface area contributed by atoms with Crippen LogP contribution in [0, 0.1) is 5.82 Å². The van der Waals surface area contributed by atoms with Crippen molar-refractivity contribution < 1.29 is 19.0 Å². The van der Waals surface area contributed by atoms with E-state index >= 15 is 0 Å². The molecule has 0 aliphatic rings. The van der Waals surface area contributed by atoms with Crippen LogP contribution in [0.15, 0.2) is 18.2 Å². The number of methoxy groups -OCH3 is 1. The number of hydrogen-bond acceptors (Lipinski definition) is 4. The number of carbonyl (C=O) groups excluding carboxylic acids is 1. The van der Waals surface area contributed by atoms with Gasteiger partial charge in [-0.2, -0.15) is 0 Å². The second kappa shape index (κ2) is 7.70. The van der Waals surface area contributed by atoms with Crippen LogP contribution in [-0.4, -0.2) is 56.3 Å². The van der Waals surface area contributed by atoms with E-state index in [1.165, 1.54) is 12.1 Å². The van der Waals surface area contributed by atoms with Gasteiger partial charge in [-0.15, -0.1) is 0 Å². The first kappa shape index (κ1) is 15.4. The van der Waals surface area contributed by atoms with E-state index in [4.69, 9.17) is 4.74 Å². The summed E-state index contributed by atoms with van der Waals surface area (Å²) in [6.45, 7) is 2.34. The third-order valence-electron chi connectivity index (χ3n) is 2.67. The van der Waals surface area contributed by atoms with E-state index in [1.54, 1.807) is 7.11 Å². The van der Waals surface area contributed by atoms with Crippen molar-refractivity contribution in [2.45, 2.75) is 0 Å². The van der Waals surface area contributed by atoms with Gasteiger partial charge in [0.25, 0.3) is 5.91 Å². The fourth-order valence-electron chi connectivity index (χ4n) is 1.55. The number of carbonyl (C=O) groups is 1. The molecule has 1 aromatic rings. The lowest BCUT2D eigenvalue weighted by atomic mass is 10.1. The highest BCUT2D eigenvalue weighted by molar-refractivity contribution is 5.97. The van der Waals surface area contributed by atoms with E-state index in [1.807, 2.05) is 11.9 Å². The molecule has 0 saturated heterocycles. The summed E-state index contributed by atoms with van der Waals surface area (Å²) >= 11 is 0. The predicted molar refractivity (Wildman–Crippen MR) is 69.8 cm³/mol. The molecule has 0 atom stereocenters. The van der Waals surface area contributed by atoms with Crippen molar-refractivity contribution in [3.05, 3.63) is 29.6 Å². The largest absolute Gasteiger partial charge is 0.507 e. The van der Waals surface area contributed by atoms with Gasteiger partial charge in [-0.1, -0.05) is 6.07 Å². The fourth-order valence-corrected chi connectivity index (χ4v) is 1.55. The van der Waals surface area contributed by atoms with Gasteiger partial charge < -0.3 is 20.1 Å². The molecule has 19 heavy (non-hydrogen) atoms. The normalized spacial score (nSPS) is 10.7. The molecule has 0 unspecified atom stereocenters. The molecule has 1 amide bonds. The molecule has 0 aliphatic heterocycles. The number of nitrogens with one attached hydrogen (secondary N) is 1. The van der Waals surface area contributed by atoms with E-state index in [0.29, 0.717) is 19.7 Å². The summed E-state index contributed by atoms with van der Waals surface area (Å²) in [5, 5.41) is 12.0. The Balaban J connectivity index is 2.44. The molecular weight excluding hydrogens is 251 g/mol. The highest BCUT2D eigenvalue weighted by Gasteiger charge is 2.15. The lowest BCUT2D eigenvalue weighted by molar-refractivity contribution is 0.0940. The molecule has 1 aromatic carbocycles. The molecule has 2 N–H and O–H groups in total. The maximum atomic E-state index is 13.4. The summed E-state index contributed by atoms with van der Waals surface area (Å²) in [6.07, 6.45) is 0. The Morgan fingerprint density at radius 1 is 1.47 bits per heavy atom. The SMILES string of the molecule is COCCN(C)CCNC(=O)c1c(O)cccc1F. The summed E-state index contributed by atoms with van der Waals surface area (Å²) in [6, 6.07) is 3.77. The van der Waals surface area contributed by atoms with E-state index in [-0.39, 0.29) is 11.3 Å². The molecule has 106 valence electrons. The van der Waals surface area contributed by atoms with Crippen molar-refractivity contribution in [1.82, 2.24) is 10.2 Å². The Hall–Kier alpha value is -1.66. The van der Waals surface area contributed by atoms with Crippen molar-refractivity contribution in [3.8, 4) is 5.75 Å². The number of halogens is 1. The molecule has 0 spiro atoms. The molecule has 6 heteroatoms. The topological polar surface area (TPSA) is 61.8 Å². The first-order valence-corrected chi connectivity index (χ1v) is 5.99. The Kier molecular flexibility index (Phi) is 6.24. The molecule has 0 fully saturated rings. The Labute approximate surface area is 112 Å². The Morgan fingerprint density at radius 2 is 2.21 bits per heavy atom. The second-order valence-electron chi connectivity index (χ2n) is 4.19. The summed E-state index contributed by atoms with van der Waals surface area (Å²) in [4.78, 5) is 13.7. The molecule has 0 saturated carbocycles. The molecule has 0 aliphatic carbocycles. The van der Waals surface area contributed by atoms with Crippen LogP contribution in [0.3, 0.4) is 0 Å². The lowest BCUT2D eigenvalue weighted by Crippen LogP contribution is -2.34. The maximum absolute atomic E-state index is 13.4. The van der Waals surface area contributed by atoms with Crippen LogP contribution >= 0.6 is 0 Å². The van der Waals surface area contributed by atoms with Crippen molar-refractivity contribution in [2.24, 2.45) is 0 Å². The number of amides is 1. The summed E-state index contributed by atoms with van der Waals surface area (Å²) in [7, 11) is 3.52. The minimum Gasteiger partial charge on any atom is -0.507 e. The van der Waals surface area contributed by atoms with Crippen LogP contribution in [0.2, 0.25) is 0 Å². The van der Waals surface area contributed by atoms with Crippen LogP contribution < -0.4 is 5.32 Å². The maximum Gasteiger partial charge on any atom is 0.258 e. The van der Waals surface area contributed by atoms with Crippen LogP contribution in [0.1, 0.15) is 10.4 Å². The van der Waals surface area contributed by atoms with Gasteiger partial charge in [-0.25, -0.2) is 4.39 Å². The molecule has 5 nitrogen and oxygen atoms in total. The average Bonchev–Trinajstić information content (AvgIpc) is 2.36. The van der Waals surface area contributed by atoms with E-state index in [0.717, 1.165) is 12.6 Å². The second-order valence-corrected chi connectivity index (χ2v) is 4.19. The van der Waals surface area contributed by atoms with Crippen molar-refractivity contribution in [2.75, 3.05) is 40.4 Å². The predicted octanol–water partition coefficient (Wildman–Crippen LogP) is 0.839. The van der Waals surface area contributed by atoms with Crippen molar-refractivity contribution >= 4 is 5.91 Å². The minimum absolute atomic E-state index is 0.318. The van der Waals surface area contributed by atoms with Crippen LogP contribution in [-0.2, 0) is 4.74 Å². The monoisotopic (exact) mass is 270 g/mol. The highest BCUT2D eigenvalue weighted by atomic mass is 19.1. The summed E-state index contributed by atoms with van der Waals surface area (Å²) < 4.78 is 18.3. The molecular formula is C13H19FN2O3. The third-order valence-corrected chi connectivity index (χ3v) is 2.67. The minimum atomic E-state index is -0.731. The number of hydrogen-bond donors (Lipinski definition) is 2. The number of aromatic hydroxyl groups is 1. The van der Waals surface area contributed by atoms with Crippen LogP contribution in [0.5, 0.6) is 5.75 Å². The number of nitrogens with zero attached hydrogens (tertiary/aromatic N) is 1. The number of phenolic OH excluding ortho intramolecular Hbond substituents is 1. The van der Waals surface area contributed by atoms with E-state index in [9.17, 15) is 14.3 Å². The highest BCUT2D eigenvalue weighted by Crippen LogP contribution is 2.19. The number of benzene rings is 1. The van der Waals surface area contributed by atoms with Crippen LogP contribution in [0.4, 0.5) is 4.39 Å². The summed E-state index contributed by atoms with van der Waals surface area (Å²) in [5.74, 6) is -1.70. The standard InChI is InChI=1S/C13H19FN2O3/c1-16(8-9-19-2)7-6-15-13(18)12-10(14)4-3-5-11(12)17/h3-5,17H,6-9H2,1-2H3,(H,15,18).